The monoisotopic (exact) mass is 371 g/mol. The van der Waals surface area contributed by atoms with E-state index in [1.165, 1.54) is 22.3 Å². The minimum Gasteiger partial charge on any atom is -0.487 e. The first-order valence-corrected chi connectivity index (χ1v) is 10.1. The molecule has 144 valence electrons. The van der Waals surface area contributed by atoms with E-state index in [1.54, 1.807) is 0 Å². The zero-order chi connectivity index (χ0) is 19.7. The van der Waals surface area contributed by atoms with Crippen LogP contribution in [0.4, 0.5) is 5.69 Å². The molecular weight excluding hydrogens is 342 g/mol. The van der Waals surface area contributed by atoms with Crippen LogP contribution in [0.1, 0.15) is 61.8 Å². The van der Waals surface area contributed by atoms with Crippen molar-refractivity contribution in [3.63, 3.8) is 0 Å². The van der Waals surface area contributed by atoms with Gasteiger partial charge in [-0.3, -0.25) is 0 Å². The van der Waals surface area contributed by atoms with Gasteiger partial charge in [-0.1, -0.05) is 68.4 Å². The molecule has 0 aromatic heterocycles. The highest BCUT2D eigenvalue weighted by Gasteiger charge is 2.42. The number of hydrogen-bond donors (Lipinski definition) is 1. The van der Waals surface area contributed by atoms with E-state index in [-0.39, 0.29) is 11.5 Å². The third-order valence-electron chi connectivity index (χ3n) is 5.66. The fourth-order valence-corrected chi connectivity index (χ4v) is 4.15. The van der Waals surface area contributed by atoms with Crippen LogP contribution in [-0.2, 0) is 6.54 Å². The molecule has 0 radical (unpaired) electrons. The number of hydrogen-bond acceptors (Lipinski definition) is 2. The maximum absolute atomic E-state index is 6.33. The van der Waals surface area contributed by atoms with Crippen molar-refractivity contribution in [2.45, 2.75) is 51.7 Å². The van der Waals surface area contributed by atoms with Gasteiger partial charge in [0, 0.05) is 17.8 Å². The molecule has 0 fully saturated rings. The standard InChI is InChI=1S/C26H29NO/c1-18(2)20-10-12-21(13-11-20)25-23-16-22(14-15-24(23)28-26(25,3)4)27-17-19-8-6-5-7-9-19/h5-16,18,25,27H,17H2,1-4H3. The number of benzene rings is 3. The van der Waals surface area contributed by atoms with Gasteiger partial charge >= 0.3 is 0 Å². The van der Waals surface area contributed by atoms with Crippen LogP contribution < -0.4 is 10.1 Å². The number of nitrogens with one attached hydrogen (secondary N) is 1. The zero-order valence-corrected chi connectivity index (χ0v) is 17.2. The Bertz CT molecular complexity index is 942. The summed E-state index contributed by atoms with van der Waals surface area (Å²) in [6.45, 7) is 9.66. The number of fused-ring (bicyclic) bond motifs is 1. The van der Waals surface area contributed by atoms with E-state index >= 15 is 0 Å². The Kier molecular flexibility index (Phi) is 4.89. The predicted molar refractivity (Wildman–Crippen MR) is 117 cm³/mol. The maximum atomic E-state index is 6.33. The lowest BCUT2D eigenvalue weighted by Crippen LogP contribution is -2.30. The summed E-state index contributed by atoms with van der Waals surface area (Å²) in [5.74, 6) is 1.76. The van der Waals surface area contributed by atoms with Crippen LogP contribution >= 0.6 is 0 Å². The summed E-state index contributed by atoms with van der Waals surface area (Å²) < 4.78 is 6.33. The highest BCUT2D eigenvalue weighted by Crippen LogP contribution is 2.49. The van der Waals surface area contributed by atoms with Crippen molar-refractivity contribution in [2.24, 2.45) is 0 Å². The van der Waals surface area contributed by atoms with Gasteiger partial charge in [-0.15, -0.1) is 0 Å². The topological polar surface area (TPSA) is 21.3 Å². The quantitative estimate of drug-likeness (QED) is 0.537. The second-order valence-corrected chi connectivity index (χ2v) is 8.55. The molecule has 1 atom stereocenters. The normalized spacial score (nSPS) is 17.2. The minimum atomic E-state index is -0.264. The third-order valence-corrected chi connectivity index (χ3v) is 5.66. The molecule has 0 amide bonds. The molecule has 0 saturated heterocycles. The lowest BCUT2D eigenvalue weighted by Gasteiger charge is -2.27. The number of ether oxygens (including phenoxy) is 1. The van der Waals surface area contributed by atoms with Crippen molar-refractivity contribution in [3.8, 4) is 5.75 Å². The summed E-state index contributed by atoms with van der Waals surface area (Å²) in [5.41, 5.74) is 6.10. The van der Waals surface area contributed by atoms with Gasteiger partial charge in [0.1, 0.15) is 11.4 Å². The molecule has 1 unspecified atom stereocenters. The zero-order valence-electron chi connectivity index (χ0n) is 17.2. The molecule has 2 heteroatoms. The van der Waals surface area contributed by atoms with E-state index in [4.69, 9.17) is 4.74 Å². The molecule has 2 nitrogen and oxygen atoms in total. The SMILES string of the molecule is CC(C)c1ccc(C2c3cc(NCc4ccccc4)ccc3OC2(C)C)cc1. The summed E-state index contributed by atoms with van der Waals surface area (Å²) in [6.07, 6.45) is 0. The van der Waals surface area contributed by atoms with Crippen LogP contribution in [-0.4, -0.2) is 5.60 Å². The van der Waals surface area contributed by atoms with Gasteiger partial charge in [-0.05, 0) is 54.7 Å². The number of rotatable bonds is 5. The molecule has 1 aliphatic heterocycles. The Morgan fingerprint density at radius 1 is 0.929 bits per heavy atom. The van der Waals surface area contributed by atoms with E-state index in [1.807, 2.05) is 6.07 Å². The molecule has 0 saturated carbocycles. The third kappa shape index (κ3) is 3.64. The summed E-state index contributed by atoms with van der Waals surface area (Å²) in [6, 6.07) is 26.0. The van der Waals surface area contributed by atoms with Crippen LogP contribution in [0.25, 0.3) is 0 Å². The Morgan fingerprint density at radius 3 is 2.32 bits per heavy atom. The van der Waals surface area contributed by atoms with E-state index in [0.29, 0.717) is 5.92 Å². The first-order chi connectivity index (χ1) is 13.4. The molecule has 28 heavy (non-hydrogen) atoms. The lowest BCUT2D eigenvalue weighted by molar-refractivity contribution is 0.122. The molecule has 1 aliphatic rings. The van der Waals surface area contributed by atoms with E-state index in [2.05, 4.69) is 99.7 Å². The predicted octanol–water partition coefficient (Wildman–Crippen LogP) is 6.73. The average Bonchev–Trinajstić information content (AvgIpc) is 2.96. The Labute approximate surface area is 168 Å². The minimum absolute atomic E-state index is 0.224. The lowest BCUT2D eigenvalue weighted by atomic mass is 9.80. The molecule has 1 heterocycles. The van der Waals surface area contributed by atoms with Crippen molar-refractivity contribution in [1.29, 1.82) is 0 Å². The van der Waals surface area contributed by atoms with E-state index in [0.717, 1.165) is 18.0 Å². The summed E-state index contributed by atoms with van der Waals surface area (Å²) in [7, 11) is 0. The smallest absolute Gasteiger partial charge is 0.124 e. The Balaban J connectivity index is 1.62. The second-order valence-electron chi connectivity index (χ2n) is 8.55. The maximum Gasteiger partial charge on any atom is 0.124 e. The summed E-state index contributed by atoms with van der Waals surface area (Å²) in [4.78, 5) is 0. The molecule has 0 bridgehead atoms. The van der Waals surface area contributed by atoms with Gasteiger partial charge in [0.25, 0.3) is 0 Å². The highest BCUT2D eigenvalue weighted by atomic mass is 16.5. The molecule has 0 aliphatic carbocycles. The Hall–Kier alpha value is -2.74. The molecule has 4 rings (SSSR count). The van der Waals surface area contributed by atoms with Gasteiger partial charge in [0.05, 0.1) is 5.92 Å². The van der Waals surface area contributed by atoms with E-state index in [9.17, 15) is 0 Å². The van der Waals surface area contributed by atoms with Crippen molar-refractivity contribution in [1.82, 2.24) is 0 Å². The molecule has 0 spiro atoms. The van der Waals surface area contributed by atoms with Crippen molar-refractivity contribution in [3.05, 3.63) is 95.1 Å². The first-order valence-electron chi connectivity index (χ1n) is 10.1. The average molecular weight is 372 g/mol. The van der Waals surface area contributed by atoms with Gasteiger partial charge in [-0.25, -0.2) is 0 Å². The van der Waals surface area contributed by atoms with Crippen LogP contribution in [0.15, 0.2) is 72.8 Å². The van der Waals surface area contributed by atoms with Crippen LogP contribution in [0, 0.1) is 0 Å². The number of anilines is 1. The fourth-order valence-electron chi connectivity index (χ4n) is 4.15. The highest BCUT2D eigenvalue weighted by molar-refractivity contribution is 5.58. The van der Waals surface area contributed by atoms with Gasteiger partial charge < -0.3 is 10.1 Å². The van der Waals surface area contributed by atoms with Gasteiger partial charge in [-0.2, -0.15) is 0 Å². The fraction of sp³-hybridized carbons (Fsp3) is 0.308. The van der Waals surface area contributed by atoms with E-state index < -0.39 is 0 Å². The van der Waals surface area contributed by atoms with Crippen molar-refractivity contribution >= 4 is 5.69 Å². The van der Waals surface area contributed by atoms with Gasteiger partial charge in [0.2, 0.25) is 0 Å². The van der Waals surface area contributed by atoms with Crippen molar-refractivity contribution in [2.75, 3.05) is 5.32 Å². The largest absolute Gasteiger partial charge is 0.487 e. The van der Waals surface area contributed by atoms with Gasteiger partial charge in [0.15, 0.2) is 0 Å². The second kappa shape index (κ2) is 7.35. The van der Waals surface area contributed by atoms with Crippen LogP contribution in [0.3, 0.4) is 0 Å². The van der Waals surface area contributed by atoms with Crippen LogP contribution in [0.5, 0.6) is 5.75 Å². The summed E-state index contributed by atoms with van der Waals surface area (Å²) >= 11 is 0. The molecule has 3 aromatic carbocycles. The molecular formula is C26H29NO. The van der Waals surface area contributed by atoms with Crippen molar-refractivity contribution < 1.29 is 4.74 Å². The summed E-state index contributed by atoms with van der Waals surface area (Å²) in [5, 5.41) is 3.56. The first kappa shape index (κ1) is 18.6. The molecule has 1 N–H and O–H groups in total. The van der Waals surface area contributed by atoms with Crippen LogP contribution in [0.2, 0.25) is 0 Å². The Morgan fingerprint density at radius 2 is 1.64 bits per heavy atom. The molecule has 3 aromatic rings.